The highest BCUT2D eigenvalue weighted by Gasteiger charge is 2.13. The Morgan fingerprint density at radius 1 is 1.14 bits per heavy atom. The van der Waals surface area contributed by atoms with E-state index in [2.05, 4.69) is 57.6 Å². The van der Waals surface area contributed by atoms with Gasteiger partial charge in [-0.05, 0) is 62.0 Å². The Bertz CT molecular complexity index is 594. The topological polar surface area (TPSA) is 21.3 Å². The molecule has 0 radical (unpaired) electrons. The molecule has 3 heteroatoms. The van der Waals surface area contributed by atoms with Crippen LogP contribution in [0.4, 0.5) is 0 Å². The Balaban J connectivity index is 1.68. The van der Waals surface area contributed by atoms with E-state index in [1.54, 1.807) is 0 Å². The van der Waals surface area contributed by atoms with Crippen LogP contribution in [0.15, 0.2) is 53.0 Å². The molecule has 0 saturated carbocycles. The lowest BCUT2D eigenvalue weighted by Crippen LogP contribution is -2.30. The van der Waals surface area contributed by atoms with Crippen molar-refractivity contribution in [2.75, 3.05) is 19.7 Å². The number of benzene rings is 2. The van der Waals surface area contributed by atoms with Crippen molar-refractivity contribution >= 4 is 15.9 Å². The quantitative estimate of drug-likeness (QED) is 0.820. The summed E-state index contributed by atoms with van der Waals surface area (Å²) < 4.78 is 7.18. The summed E-state index contributed by atoms with van der Waals surface area (Å²) in [6.07, 6.45) is 3.73. The lowest BCUT2D eigenvalue weighted by Gasteiger charge is -2.23. The molecule has 2 nitrogen and oxygen atoms in total. The van der Waals surface area contributed by atoms with E-state index in [-0.39, 0.29) is 0 Å². The van der Waals surface area contributed by atoms with Gasteiger partial charge in [0.15, 0.2) is 0 Å². The predicted octanol–water partition coefficient (Wildman–Crippen LogP) is 4.88. The van der Waals surface area contributed by atoms with E-state index in [0.717, 1.165) is 41.3 Å². The maximum absolute atomic E-state index is 6.10. The summed E-state index contributed by atoms with van der Waals surface area (Å²) in [5.74, 6) is 1.72. The van der Waals surface area contributed by atoms with Crippen molar-refractivity contribution in [3.63, 3.8) is 0 Å². The van der Waals surface area contributed by atoms with Crippen LogP contribution >= 0.6 is 15.9 Å². The Hall–Kier alpha value is -1.32. The first-order chi connectivity index (χ1) is 10.8. The summed E-state index contributed by atoms with van der Waals surface area (Å²) in [6.45, 7) is 3.09. The predicted molar refractivity (Wildman–Crippen MR) is 95.3 cm³/mol. The number of ether oxygens (including phenoxy) is 1. The summed E-state index contributed by atoms with van der Waals surface area (Å²) in [6, 6.07) is 16.7. The molecule has 116 valence electrons. The van der Waals surface area contributed by atoms with Gasteiger partial charge in [-0.3, -0.25) is 0 Å². The SMILES string of the molecule is Brc1ccc(OCC[C@@H]2CCCNC2)c(-c2ccccc2)c1. The number of hydrogen-bond donors (Lipinski definition) is 1. The molecule has 1 aliphatic heterocycles. The molecule has 3 rings (SSSR count). The van der Waals surface area contributed by atoms with Crippen LogP contribution in [-0.4, -0.2) is 19.7 Å². The molecule has 1 heterocycles. The molecule has 1 atom stereocenters. The standard InChI is InChI=1S/C19H22BrNO/c20-17-8-9-19(18(13-17)16-6-2-1-3-7-16)22-12-10-15-5-4-11-21-14-15/h1-3,6-9,13,15,21H,4-5,10-12,14H2/t15-/m0/s1. The van der Waals surface area contributed by atoms with Crippen molar-refractivity contribution in [1.29, 1.82) is 0 Å². The molecule has 1 N–H and O–H groups in total. The number of nitrogens with one attached hydrogen (secondary N) is 1. The Morgan fingerprint density at radius 3 is 2.77 bits per heavy atom. The molecule has 0 amide bonds. The van der Waals surface area contributed by atoms with Gasteiger partial charge in [0, 0.05) is 10.0 Å². The highest BCUT2D eigenvalue weighted by Crippen LogP contribution is 2.33. The Labute approximate surface area is 141 Å². The third-order valence-electron chi connectivity index (χ3n) is 4.21. The third-order valence-corrected chi connectivity index (χ3v) is 4.70. The van der Waals surface area contributed by atoms with Crippen LogP contribution in [0.25, 0.3) is 11.1 Å². The fourth-order valence-electron chi connectivity index (χ4n) is 2.98. The van der Waals surface area contributed by atoms with Crippen LogP contribution in [0.2, 0.25) is 0 Å². The number of halogens is 1. The van der Waals surface area contributed by atoms with Crippen molar-refractivity contribution < 1.29 is 4.74 Å². The zero-order valence-electron chi connectivity index (χ0n) is 12.7. The van der Waals surface area contributed by atoms with Crippen LogP contribution in [0.5, 0.6) is 5.75 Å². The Morgan fingerprint density at radius 2 is 2.00 bits per heavy atom. The molecular weight excluding hydrogens is 338 g/mol. The first kappa shape index (κ1) is 15.6. The van der Waals surface area contributed by atoms with E-state index in [9.17, 15) is 0 Å². The highest BCUT2D eigenvalue weighted by atomic mass is 79.9. The average Bonchev–Trinajstić information content (AvgIpc) is 2.58. The molecule has 0 bridgehead atoms. The van der Waals surface area contributed by atoms with Crippen LogP contribution in [-0.2, 0) is 0 Å². The van der Waals surface area contributed by atoms with Crippen molar-refractivity contribution in [2.45, 2.75) is 19.3 Å². The van der Waals surface area contributed by atoms with Gasteiger partial charge >= 0.3 is 0 Å². The second-order valence-corrected chi connectivity index (χ2v) is 6.77. The van der Waals surface area contributed by atoms with Gasteiger partial charge in [0.1, 0.15) is 5.75 Å². The molecule has 0 aromatic heterocycles. The van der Waals surface area contributed by atoms with Gasteiger partial charge in [-0.2, -0.15) is 0 Å². The molecule has 22 heavy (non-hydrogen) atoms. The van der Waals surface area contributed by atoms with Gasteiger partial charge in [0.25, 0.3) is 0 Å². The minimum Gasteiger partial charge on any atom is -0.493 e. The second kappa shape index (κ2) is 7.80. The number of hydrogen-bond acceptors (Lipinski definition) is 2. The molecule has 1 fully saturated rings. The maximum Gasteiger partial charge on any atom is 0.127 e. The molecule has 2 aromatic rings. The molecule has 2 aromatic carbocycles. The normalized spacial score (nSPS) is 18.1. The smallest absolute Gasteiger partial charge is 0.127 e. The fourth-order valence-corrected chi connectivity index (χ4v) is 3.34. The number of piperidine rings is 1. The molecule has 0 spiro atoms. The van der Waals surface area contributed by atoms with Gasteiger partial charge in [0.2, 0.25) is 0 Å². The molecule has 0 aliphatic carbocycles. The summed E-state index contributed by atoms with van der Waals surface area (Å²) in [4.78, 5) is 0. The van der Waals surface area contributed by atoms with E-state index < -0.39 is 0 Å². The van der Waals surface area contributed by atoms with E-state index >= 15 is 0 Å². The van der Waals surface area contributed by atoms with E-state index in [0.29, 0.717) is 0 Å². The first-order valence-corrected chi connectivity index (χ1v) is 8.81. The van der Waals surface area contributed by atoms with Crippen molar-refractivity contribution in [2.24, 2.45) is 5.92 Å². The van der Waals surface area contributed by atoms with Crippen molar-refractivity contribution in [3.05, 3.63) is 53.0 Å². The first-order valence-electron chi connectivity index (χ1n) is 8.01. The molecule has 1 saturated heterocycles. The summed E-state index contributed by atoms with van der Waals surface area (Å²) in [5.41, 5.74) is 2.34. The van der Waals surface area contributed by atoms with Gasteiger partial charge in [0.05, 0.1) is 6.61 Å². The van der Waals surface area contributed by atoms with Gasteiger partial charge in [-0.15, -0.1) is 0 Å². The minimum atomic E-state index is 0.754. The third kappa shape index (κ3) is 4.11. The van der Waals surface area contributed by atoms with Crippen LogP contribution in [0.1, 0.15) is 19.3 Å². The summed E-state index contributed by atoms with van der Waals surface area (Å²) in [7, 11) is 0. The summed E-state index contributed by atoms with van der Waals surface area (Å²) in [5, 5.41) is 3.47. The lowest BCUT2D eigenvalue weighted by molar-refractivity contribution is 0.255. The van der Waals surface area contributed by atoms with Gasteiger partial charge in [-0.25, -0.2) is 0 Å². The van der Waals surface area contributed by atoms with Crippen LogP contribution in [0.3, 0.4) is 0 Å². The number of rotatable bonds is 5. The molecule has 1 aliphatic rings. The average molecular weight is 360 g/mol. The zero-order chi connectivity index (χ0) is 15.2. The molecular formula is C19H22BrNO. The maximum atomic E-state index is 6.10. The van der Waals surface area contributed by atoms with E-state index in [1.807, 2.05) is 12.1 Å². The fraction of sp³-hybridized carbons (Fsp3) is 0.368. The second-order valence-electron chi connectivity index (χ2n) is 5.86. The van der Waals surface area contributed by atoms with E-state index in [4.69, 9.17) is 4.74 Å². The minimum absolute atomic E-state index is 0.754. The van der Waals surface area contributed by atoms with Crippen molar-refractivity contribution in [1.82, 2.24) is 5.32 Å². The lowest BCUT2D eigenvalue weighted by atomic mass is 9.97. The zero-order valence-corrected chi connectivity index (χ0v) is 14.3. The molecule has 0 unspecified atom stereocenters. The van der Waals surface area contributed by atoms with Crippen molar-refractivity contribution in [3.8, 4) is 16.9 Å². The van der Waals surface area contributed by atoms with E-state index in [1.165, 1.54) is 24.9 Å². The van der Waals surface area contributed by atoms with Gasteiger partial charge < -0.3 is 10.1 Å². The highest BCUT2D eigenvalue weighted by molar-refractivity contribution is 9.10. The Kier molecular flexibility index (Phi) is 5.52. The van der Waals surface area contributed by atoms with Gasteiger partial charge in [-0.1, -0.05) is 46.3 Å². The largest absolute Gasteiger partial charge is 0.493 e. The van der Waals surface area contributed by atoms with Crippen LogP contribution < -0.4 is 10.1 Å². The monoisotopic (exact) mass is 359 g/mol. The van der Waals surface area contributed by atoms with Crippen LogP contribution in [0, 0.1) is 5.92 Å². The summed E-state index contributed by atoms with van der Waals surface area (Å²) >= 11 is 3.56.